The quantitative estimate of drug-likeness (QED) is 0.551. The zero-order valence-corrected chi connectivity index (χ0v) is 14.1. The van der Waals surface area contributed by atoms with Gasteiger partial charge in [-0.3, -0.25) is 10.1 Å². The summed E-state index contributed by atoms with van der Waals surface area (Å²) in [7, 11) is 0. The van der Waals surface area contributed by atoms with Gasteiger partial charge in [-0.1, -0.05) is 24.3 Å². The minimum atomic E-state index is 1.08. The highest BCUT2D eigenvalue weighted by atomic mass is 15.1. The number of rotatable bonds is 2. The zero-order chi connectivity index (χ0) is 16.7. The Kier molecular flexibility index (Phi) is 3.42. The number of pyridine rings is 1. The van der Waals surface area contributed by atoms with E-state index < -0.39 is 0 Å². The summed E-state index contributed by atoms with van der Waals surface area (Å²) in [5.74, 6) is 0. The third kappa shape index (κ3) is 2.48. The van der Waals surface area contributed by atoms with Crippen LogP contribution in [0.5, 0.6) is 0 Å². The lowest BCUT2D eigenvalue weighted by Gasteiger charge is -2.11. The number of fused-ring (bicyclic) bond motifs is 1. The molecule has 2 aromatic carbocycles. The van der Waals surface area contributed by atoms with Crippen molar-refractivity contribution in [1.82, 2.24) is 15.2 Å². The van der Waals surface area contributed by atoms with Gasteiger partial charge in [0, 0.05) is 23.3 Å². The first-order valence-corrected chi connectivity index (χ1v) is 8.08. The van der Waals surface area contributed by atoms with Gasteiger partial charge in [0.15, 0.2) is 0 Å². The topological polar surface area (TPSA) is 41.6 Å². The molecule has 3 nitrogen and oxygen atoms in total. The number of hydrogen-bond donors (Lipinski definition) is 1. The molecule has 1 N–H and O–H groups in total. The first-order valence-electron chi connectivity index (χ1n) is 8.08. The van der Waals surface area contributed by atoms with Gasteiger partial charge < -0.3 is 0 Å². The molecule has 0 atom stereocenters. The van der Waals surface area contributed by atoms with Gasteiger partial charge in [0.25, 0.3) is 0 Å². The molecule has 2 heterocycles. The predicted molar refractivity (Wildman–Crippen MR) is 99.0 cm³/mol. The van der Waals surface area contributed by atoms with Crippen molar-refractivity contribution in [2.24, 2.45) is 0 Å². The molecule has 0 aliphatic carbocycles. The van der Waals surface area contributed by atoms with Crippen LogP contribution in [-0.4, -0.2) is 15.2 Å². The van der Waals surface area contributed by atoms with E-state index in [2.05, 4.69) is 72.4 Å². The third-order valence-corrected chi connectivity index (χ3v) is 4.43. The average molecular weight is 313 g/mol. The predicted octanol–water partition coefficient (Wildman–Crippen LogP) is 5.22. The monoisotopic (exact) mass is 313 g/mol. The van der Waals surface area contributed by atoms with Crippen LogP contribution in [0.25, 0.3) is 33.2 Å². The summed E-state index contributed by atoms with van der Waals surface area (Å²) in [6, 6.07) is 13.1. The molecule has 4 rings (SSSR count). The van der Waals surface area contributed by atoms with E-state index in [-0.39, 0.29) is 0 Å². The molecule has 24 heavy (non-hydrogen) atoms. The number of nitrogens with zero attached hydrogens (tertiary/aromatic N) is 2. The molecule has 0 spiro atoms. The van der Waals surface area contributed by atoms with Gasteiger partial charge in [-0.15, -0.1) is 0 Å². The molecule has 0 aliphatic rings. The van der Waals surface area contributed by atoms with Crippen molar-refractivity contribution in [2.45, 2.75) is 20.8 Å². The van der Waals surface area contributed by atoms with Crippen molar-refractivity contribution < 1.29 is 0 Å². The Morgan fingerprint density at radius 3 is 2.42 bits per heavy atom. The van der Waals surface area contributed by atoms with Crippen LogP contribution < -0.4 is 0 Å². The molecule has 4 aromatic rings. The molecule has 0 radical (unpaired) electrons. The van der Waals surface area contributed by atoms with E-state index in [1.807, 2.05) is 18.6 Å². The summed E-state index contributed by atoms with van der Waals surface area (Å²) in [6.07, 6.45) is 5.71. The highest BCUT2D eigenvalue weighted by Gasteiger charge is 2.10. The van der Waals surface area contributed by atoms with E-state index in [9.17, 15) is 0 Å². The van der Waals surface area contributed by atoms with Crippen LogP contribution in [0, 0.1) is 20.8 Å². The van der Waals surface area contributed by atoms with E-state index in [4.69, 9.17) is 0 Å². The minimum absolute atomic E-state index is 1.08. The molecule has 118 valence electrons. The van der Waals surface area contributed by atoms with Crippen molar-refractivity contribution in [3.8, 4) is 22.3 Å². The Morgan fingerprint density at radius 1 is 0.750 bits per heavy atom. The van der Waals surface area contributed by atoms with Gasteiger partial charge in [0.1, 0.15) is 0 Å². The summed E-state index contributed by atoms with van der Waals surface area (Å²) in [5, 5.41) is 8.44. The van der Waals surface area contributed by atoms with Crippen LogP contribution in [0.15, 0.2) is 55.0 Å². The van der Waals surface area contributed by atoms with Gasteiger partial charge in [0.2, 0.25) is 0 Å². The van der Waals surface area contributed by atoms with Gasteiger partial charge in [-0.2, -0.15) is 5.10 Å². The summed E-state index contributed by atoms with van der Waals surface area (Å²) >= 11 is 0. The highest BCUT2D eigenvalue weighted by Crippen LogP contribution is 2.33. The lowest BCUT2D eigenvalue weighted by Crippen LogP contribution is -1.89. The van der Waals surface area contributed by atoms with Crippen LogP contribution in [0.4, 0.5) is 0 Å². The van der Waals surface area contributed by atoms with Crippen LogP contribution in [0.2, 0.25) is 0 Å². The minimum Gasteiger partial charge on any atom is -0.278 e. The van der Waals surface area contributed by atoms with Gasteiger partial charge in [0.05, 0.1) is 11.7 Å². The lowest BCUT2D eigenvalue weighted by atomic mass is 9.93. The van der Waals surface area contributed by atoms with Crippen LogP contribution in [0.3, 0.4) is 0 Å². The number of aromatic amines is 1. The normalized spacial score (nSPS) is 11.1. The molecule has 0 unspecified atom stereocenters. The van der Waals surface area contributed by atoms with Crippen LogP contribution in [-0.2, 0) is 0 Å². The summed E-state index contributed by atoms with van der Waals surface area (Å²) in [6.45, 7) is 6.35. The molecule has 0 saturated carbocycles. The average Bonchev–Trinajstić information content (AvgIpc) is 3.02. The van der Waals surface area contributed by atoms with Crippen molar-refractivity contribution in [2.75, 3.05) is 0 Å². The Bertz CT molecular complexity index is 1040. The maximum atomic E-state index is 4.30. The smallest absolute Gasteiger partial charge is 0.0659 e. The molecular weight excluding hydrogens is 294 g/mol. The first kappa shape index (κ1) is 14.6. The Labute approximate surface area is 141 Å². The second-order valence-corrected chi connectivity index (χ2v) is 6.42. The van der Waals surface area contributed by atoms with Crippen molar-refractivity contribution in [1.29, 1.82) is 0 Å². The Balaban J connectivity index is 1.86. The van der Waals surface area contributed by atoms with E-state index in [0.717, 1.165) is 16.5 Å². The van der Waals surface area contributed by atoms with Crippen molar-refractivity contribution in [3.05, 3.63) is 71.7 Å². The molecule has 0 saturated heterocycles. The van der Waals surface area contributed by atoms with E-state index in [0.29, 0.717) is 0 Å². The number of H-pyrrole nitrogens is 1. The molecule has 0 bridgehead atoms. The van der Waals surface area contributed by atoms with E-state index >= 15 is 0 Å². The summed E-state index contributed by atoms with van der Waals surface area (Å²) in [4.78, 5) is 4.30. The standard InChI is InChI=1S/C21H19N3/c1-13-7-19(20-12-23-24-21(20)8-13)18-5-4-16(9-15(18)3)17-6-14(2)10-22-11-17/h4-12H,1-3H3,(H,23,24). The van der Waals surface area contributed by atoms with Crippen LogP contribution in [0.1, 0.15) is 16.7 Å². The molecule has 0 fully saturated rings. The van der Waals surface area contributed by atoms with Crippen LogP contribution >= 0.6 is 0 Å². The fourth-order valence-electron chi connectivity index (χ4n) is 3.28. The second kappa shape index (κ2) is 5.60. The molecular formula is C21H19N3. The van der Waals surface area contributed by atoms with Crippen molar-refractivity contribution in [3.63, 3.8) is 0 Å². The molecule has 2 aromatic heterocycles. The van der Waals surface area contributed by atoms with E-state index in [1.165, 1.54) is 33.4 Å². The number of aryl methyl sites for hydroxylation is 3. The number of aromatic nitrogens is 3. The molecule has 0 aliphatic heterocycles. The Hall–Kier alpha value is -2.94. The fraction of sp³-hybridized carbons (Fsp3) is 0.143. The lowest BCUT2D eigenvalue weighted by molar-refractivity contribution is 1.12. The first-order chi connectivity index (χ1) is 11.6. The van der Waals surface area contributed by atoms with Gasteiger partial charge in [-0.05, 0) is 66.3 Å². The zero-order valence-electron chi connectivity index (χ0n) is 14.1. The van der Waals surface area contributed by atoms with Crippen molar-refractivity contribution >= 4 is 10.9 Å². The Morgan fingerprint density at radius 2 is 1.62 bits per heavy atom. The van der Waals surface area contributed by atoms with E-state index in [1.54, 1.807) is 0 Å². The second-order valence-electron chi connectivity index (χ2n) is 6.42. The summed E-state index contributed by atoms with van der Waals surface area (Å²) < 4.78 is 0. The molecule has 3 heteroatoms. The largest absolute Gasteiger partial charge is 0.278 e. The number of benzene rings is 2. The summed E-state index contributed by atoms with van der Waals surface area (Å²) in [5.41, 5.74) is 9.56. The number of nitrogens with one attached hydrogen (secondary N) is 1. The van der Waals surface area contributed by atoms with Gasteiger partial charge in [-0.25, -0.2) is 0 Å². The fourth-order valence-corrected chi connectivity index (χ4v) is 3.28. The number of hydrogen-bond acceptors (Lipinski definition) is 2. The highest BCUT2D eigenvalue weighted by molar-refractivity contribution is 5.96. The maximum absolute atomic E-state index is 4.30. The third-order valence-electron chi connectivity index (χ3n) is 4.43. The SMILES string of the molecule is Cc1cncc(-c2ccc(-c3cc(C)cc4[nH]ncc34)c(C)c2)c1. The molecule has 0 amide bonds. The maximum Gasteiger partial charge on any atom is 0.0659 e. The van der Waals surface area contributed by atoms with Gasteiger partial charge >= 0.3 is 0 Å².